The summed E-state index contributed by atoms with van der Waals surface area (Å²) >= 11 is 0. The van der Waals surface area contributed by atoms with Crippen molar-refractivity contribution in [1.29, 1.82) is 0 Å². The van der Waals surface area contributed by atoms with Crippen molar-refractivity contribution >= 4 is 27.7 Å². The Morgan fingerprint density at radius 2 is 1.73 bits per heavy atom. The molecule has 3 heterocycles. The molecular weight excluding hydrogens is 631 g/mol. The Hall–Kier alpha value is -4.58. The van der Waals surface area contributed by atoms with Gasteiger partial charge < -0.3 is 14.5 Å². The van der Waals surface area contributed by atoms with Crippen molar-refractivity contribution in [3.63, 3.8) is 0 Å². The van der Waals surface area contributed by atoms with E-state index in [4.69, 9.17) is 4.74 Å². The molecule has 2 unspecified atom stereocenters. The number of rotatable bonds is 6. The molecule has 0 radical (unpaired) electrons. The SMILES string of the molecule is Cc1cccc(C)c1-c1cc2nc(n1)NS(=O)(=O)c1cccc(c1)C(=O)N(C1CCC1c1nc(N(C)C)ccc1F)[C@H](CC(C)C)CO2. The summed E-state index contributed by atoms with van der Waals surface area (Å²) in [5.41, 5.74) is 3.80. The lowest BCUT2D eigenvalue weighted by Crippen LogP contribution is -2.56. The van der Waals surface area contributed by atoms with E-state index in [9.17, 15) is 13.2 Å². The van der Waals surface area contributed by atoms with Crippen molar-refractivity contribution in [1.82, 2.24) is 19.9 Å². The van der Waals surface area contributed by atoms with Crippen molar-refractivity contribution in [2.75, 3.05) is 30.3 Å². The van der Waals surface area contributed by atoms with Gasteiger partial charge in [0.25, 0.3) is 15.9 Å². The second-order valence-corrected chi connectivity index (χ2v) is 15.0. The van der Waals surface area contributed by atoms with Crippen LogP contribution in [0, 0.1) is 25.6 Å². The number of pyridine rings is 1. The van der Waals surface area contributed by atoms with Crippen molar-refractivity contribution < 1.29 is 22.3 Å². The lowest BCUT2D eigenvalue weighted by atomic mass is 9.74. The minimum atomic E-state index is -4.20. The van der Waals surface area contributed by atoms with Crippen LogP contribution < -0.4 is 14.4 Å². The van der Waals surface area contributed by atoms with Crippen LogP contribution in [0.4, 0.5) is 16.2 Å². The van der Waals surface area contributed by atoms with Gasteiger partial charge in [0.1, 0.15) is 18.2 Å². The third-order valence-corrected chi connectivity index (χ3v) is 10.4. The number of hydrogen-bond donors (Lipinski definition) is 1. The van der Waals surface area contributed by atoms with E-state index in [-0.39, 0.29) is 52.7 Å². The summed E-state index contributed by atoms with van der Waals surface area (Å²) < 4.78 is 51.7. The number of anilines is 2. The molecule has 12 heteroatoms. The molecule has 4 aromatic rings. The molecule has 10 nitrogen and oxygen atoms in total. The van der Waals surface area contributed by atoms with Crippen LogP contribution >= 0.6 is 0 Å². The van der Waals surface area contributed by atoms with E-state index >= 15 is 4.39 Å². The molecule has 252 valence electrons. The first-order valence-electron chi connectivity index (χ1n) is 16.2. The van der Waals surface area contributed by atoms with Crippen LogP contribution in [-0.4, -0.2) is 67.0 Å². The highest BCUT2D eigenvalue weighted by atomic mass is 32.2. The molecule has 1 aliphatic carbocycles. The first-order valence-corrected chi connectivity index (χ1v) is 17.7. The third-order valence-electron chi connectivity index (χ3n) is 9.11. The maximum Gasteiger partial charge on any atom is 0.264 e. The van der Waals surface area contributed by atoms with Gasteiger partial charge in [-0.1, -0.05) is 38.1 Å². The van der Waals surface area contributed by atoms with Gasteiger partial charge in [0.2, 0.25) is 11.8 Å². The number of ether oxygens (including phenoxy) is 1. The van der Waals surface area contributed by atoms with Gasteiger partial charge in [-0.05, 0) is 80.5 Å². The molecule has 6 rings (SSSR count). The van der Waals surface area contributed by atoms with Crippen LogP contribution in [0.5, 0.6) is 5.88 Å². The topological polar surface area (TPSA) is 118 Å². The summed E-state index contributed by atoms with van der Waals surface area (Å²) in [4.78, 5) is 31.8. The van der Waals surface area contributed by atoms with E-state index in [0.717, 1.165) is 16.7 Å². The molecule has 2 aromatic carbocycles. The van der Waals surface area contributed by atoms with Gasteiger partial charge in [-0.2, -0.15) is 4.98 Å². The van der Waals surface area contributed by atoms with Crippen molar-refractivity contribution in [2.45, 2.75) is 69.9 Å². The number of nitrogens with one attached hydrogen (secondary N) is 1. The number of halogens is 1. The first-order chi connectivity index (χ1) is 22.8. The highest BCUT2D eigenvalue weighted by Crippen LogP contribution is 2.43. The molecule has 3 atom stereocenters. The number of benzene rings is 2. The van der Waals surface area contributed by atoms with Crippen LogP contribution in [0.25, 0.3) is 11.3 Å². The Balaban J connectivity index is 1.49. The van der Waals surface area contributed by atoms with E-state index < -0.39 is 21.9 Å². The number of hydrogen-bond acceptors (Lipinski definition) is 8. The molecule has 1 saturated carbocycles. The van der Waals surface area contributed by atoms with Gasteiger partial charge in [-0.15, -0.1) is 0 Å². The van der Waals surface area contributed by atoms with E-state index in [1.165, 1.54) is 18.2 Å². The number of aryl methyl sites for hydroxylation is 2. The van der Waals surface area contributed by atoms with Gasteiger partial charge in [0.05, 0.1) is 22.3 Å². The molecule has 4 bridgehead atoms. The Labute approximate surface area is 281 Å². The second-order valence-electron chi connectivity index (χ2n) is 13.3. The monoisotopic (exact) mass is 672 g/mol. The Morgan fingerprint density at radius 3 is 2.40 bits per heavy atom. The predicted octanol–water partition coefficient (Wildman–Crippen LogP) is 6.36. The quantitative estimate of drug-likeness (QED) is 0.252. The van der Waals surface area contributed by atoms with Crippen LogP contribution in [0.3, 0.4) is 0 Å². The highest BCUT2D eigenvalue weighted by Gasteiger charge is 2.44. The average molecular weight is 673 g/mol. The van der Waals surface area contributed by atoms with Crippen LogP contribution in [0.1, 0.15) is 66.2 Å². The zero-order valence-corrected chi connectivity index (χ0v) is 28.9. The molecular formula is C36H41FN6O4S. The largest absolute Gasteiger partial charge is 0.475 e. The van der Waals surface area contributed by atoms with Crippen molar-refractivity contribution in [3.8, 4) is 17.1 Å². The fourth-order valence-electron chi connectivity index (χ4n) is 6.68. The Bertz CT molecular complexity index is 1950. The third kappa shape index (κ3) is 6.58. The van der Waals surface area contributed by atoms with Crippen LogP contribution in [-0.2, 0) is 10.0 Å². The number of nitrogens with zero attached hydrogens (tertiary/aromatic N) is 5. The zero-order valence-electron chi connectivity index (χ0n) is 28.1. The number of sulfonamides is 1. The molecule has 48 heavy (non-hydrogen) atoms. The van der Waals surface area contributed by atoms with Gasteiger partial charge >= 0.3 is 0 Å². The first kappa shape index (κ1) is 33.3. The summed E-state index contributed by atoms with van der Waals surface area (Å²) in [6.45, 7) is 8.15. The van der Waals surface area contributed by atoms with E-state index in [1.54, 1.807) is 29.2 Å². The molecule has 0 spiro atoms. The van der Waals surface area contributed by atoms with Gasteiger partial charge in [0.15, 0.2) is 0 Å². The molecule has 0 saturated heterocycles. The summed E-state index contributed by atoms with van der Waals surface area (Å²) in [5.74, 6) is -0.294. The molecule has 2 aliphatic rings. The summed E-state index contributed by atoms with van der Waals surface area (Å²) in [5, 5.41) is 0. The Morgan fingerprint density at radius 1 is 1.00 bits per heavy atom. The minimum Gasteiger partial charge on any atom is -0.475 e. The van der Waals surface area contributed by atoms with Crippen molar-refractivity contribution in [3.05, 3.63) is 88.9 Å². The van der Waals surface area contributed by atoms with Crippen LogP contribution in [0.15, 0.2) is 65.6 Å². The number of aromatic nitrogens is 3. The summed E-state index contributed by atoms with van der Waals surface area (Å²) in [6, 6.07) is 15.8. The zero-order chi connectivity index (χ0) is 34.3. The maximum atomic E-state index is 15.4. The number of carbonyl (C=O) groups excluding carboxylic acids is 1. The van der Waals surface area contributed by atoms with Crippen LogP contribution in [0.2, 0.25) is 0 Å². The normalized spacial score (nSPS) is 20.5. The molecule has 1 fully saturated rings. The standard InChI is InChI=1S/C36H41FN6O4S/c1-21(2)17-25-20-47-32-19-29(33-22(3)9-7-10-23(33)4)38-36(40-32)41-48(45,46)26-12-8-11-24(18-26)35(44)43(25)30-15-13-27(30)34-28(37)14-16-31(39-34)42(5)6/h7-12,14,16,18-19,21,25,27,30H,13,15,17,20H2,1-6H3,(H,38,40,41)/t25-,27?,30?/m1/s1. The fourth-order valence-corrected chi connectivity index (χ4v) is 7.67. The lowest BCUT2D eigenvalue weighted by Gasteiger charge is -2.48. The van der Waals surface area contributed by atoms with Gasteiger partial charge in [-0.3, -0.25) is 4.79 Å². The molecule has 2 aromatic heterocycles. The second kappa shape index (κ2) is 13.1. The molecule has 1 aliphatic heterocycles. The highest BCUT2D eigenvalue weighted by molar-refractivity contribution is 7.92. The van der Waals surface area contributed by atoms with Crippen molar-refractivity contribution in [2.24, 2.45) is 5.92 Å². The fraction of sp³-hybridized carbons (Fsp3) is 0.389. The lowest BCUT2D eigenvalue weighted by molar-refractivity contribution is 0.0205. The summed E-state index contributed by atoms with van der Waals surface area (Å²) in [6.07, 6.45) is 1.87. The maximum absolute atomic E-state index is 15.4. The minimum absolute atomic E-state index is 0.0792. The average Bonchev–Trinajstić information content (AvgIpc) is 3.01. The number of carbonyl (C=O) groups is 1. The predicted molar refractivity (Wildman–Crippen MR) is 183 cm³/mol. The van der Waals surface area contributed by atoms with Gasteiger partial charge in [0, 0.05) is 43.2 Å². The number of amides is 1. The van der Waals surface area contributed by atoms with E-state index in [2.05, 4.69) is 33.5 Å². The molecule has 1 N–H and O–H groups in total. The van der Waals surface area contributed by atoms with E-state index in [0.29, 0.717) is 36.5 Å². The Kier molecular flexibility index (Phi) is 9.12. The molecule has 1 amide bonds. The number of fused-ring (bicyclic) bond motifs is 4. The smallest absolute Gasteiger partial charge is 0.264 e. The van der Waals surface area contributed by atoms with Gasteiger partial charge in [-0.25, -0.2) is 27.5 Å². The summed E-state index contributed by atoms with van der Waals surface area (Å²) in [7, 11) is -0.505. The van der Waals surface area contributed by atoms with E-state index in [1.807, 2.05) is 51.0 Å².